The van der Waals surface area contributed by atoms with Crippen molar-refractivity contribution in [3.63, 3.8) is 0 Å². The number of amides is 2. The van der Waals surface area contributed by atoms with Crippen LogP contribution in [0.5, 0.6) is 0 Å². The topological polar surface area (TPSA) is 69.7 Å². The number of hydrogen-bond acceptors (Lipinski definition) is 3. The number of carbonyl (C=O) groups is 1. The van der Waals surface area contributed by atoms with Gasteiger partial charge in [-0.15, -0.1) is 0 Å². The lowest BCUT2D eigenvalue weighted by molar-refractivity contribution is 0.196. The average Bonchev–Trinajstić information content (AvgIpc) is 2.79. The normalized spacial score (nSPS) is 26.8. The Morgan fingerprint density at radius 2 is 1.90 bits per heavy atom. The standard InChI is InChI=1S/C14H27N3O3S/c1-5-17(21(4,19)20)8-6-7-15-13(18)16-9-11-12(10-16)14(11,2)3/h11-12H,5-10H2,1-4H3,(H,15,18)/t11-,12-/m1/s1. The zero-order chi connectivity index (χ0) is 15.8. The van der Waals surface area contributed by atoms with Crippen LogP contribution < -0.4 is 5.32 Å². The van der Waals surface area contributed by atoms with Crippen molar-refractivity contribution >= 4 is 16.1 Å². The van der Waals surface area contributed by atoms with Gasteiger partial charge in [0.25, 0.3) is 0 Å². The first-order valence-corrected chi connectivity index (χ1v) is 9.50. The molecular weight excluding hydrogens is 290 g/mol. The predicted molar refractivity (Wildman–Crippen MR) is 82.4 cm³/mol. The van der Waals surface area contributed by atoms with E-state index in [1.54, 1.807) is 0 Å². The number of sulfonamides is 1. The fraction of sp³-hybridized carbons (Fsp3) is 0.929. The molecule has 7 heteroatoms. The van der Waals surface area contributed by atoms with Crippen LogP contribution in [0.25, 0.3) is 0 Å². The van der Waals surface area contributed by atoms with E-state index in [1.165, 1.54) is 10.6 Å². The van der Waals surface area contributed by atoms with Crippen LogP contribution in [0.2, 0.25) is 0 Å². The molecule has 6 nitrogen and oxygen atoms in total. The van der Waals surface area contributed by atoms with Crippen LogP contribution in [0.15, 0.2) is 0 Å². The number of fused-ring (bicyclic) bond motifs is 1. The smallest absolute Gasteiger partial charge is 0.317 e. The van der Waals surface area contributed by atoms with Crippen molar-refractivity contribution in [2.24, 2.45) is 17.3 Å². The van der Waals surface area contributed by atoms with E-state index in [9.17, 15) is 13.2 Å². The molecule has 0 aromatic carbocycles. The van der Waals surface area contributed by atoms with E-state index < -0.39 is 10.0 Å². The zero-order valence-electron chi connectivity index (χ0n) is 13.4. The molecule has 2 atom stereocenters. The summed E-state index contributed by atoms with van der Waals surface area (Å²) in [4.78, 5) is 13.9. The zero-order valence-corrected chi connectivity index (χ0v) is 14.2. The molecule has 0 unspecified atom stereocenters. The highest BCUT2D eigenvalue weighted by molar-refractivity contribution is 7.88. The van der Waals surface area contributed by atoms with Gasteiger partial charge in [-0.2, -0.15) is 0 Å². The maximum Gasteiger partial charge on any atom is 0.317 e. The first-order valence-electron chi connectivity index (χ1n) is 7.65. The highest BCUT2D eigenvalue weighted by Gasteiger charge is 2.62. The molecule has 1 saturated heterocycles. The summed E-state index contributed by atoms with van der Waals surface area (Å²) in [5, 5.41) is 2.89. The molecule has 1 aliphatic heterocycles. The Bertz CT molecular complexity index is 490. The summed E-state index contributed by atoms with van der Waals surface area (Å²) in [5.41, 5.74) is 0.411. The van der Waals surface area contributed by atoms with Gasteiger partial charge in [-0.1, -0.05) is 20.8 Å². The van der Waals surface area contributed by atoms with Gasteiger partial charge in [-0.05, 0) is 23.7 Å². The lowest BCUT2D eigenvalue weighted by Crippen LogP contribution is -2.42. The quantitative estimate of drug-likeness (QED) is 0.742. The lowest BCUT2D eigenvalue weighted by Gasteiger charge is -2.23. The number of rotatable bonds is 6. The van der Waals surface area contributed by atoms with Gasteiger partial charge in [0.1, 0.15) is 0 Å². The summed E-state index contributed by atoms with van der Waals surface area (Å²) in [6.45, 7) is 9.50. The van der Waals surface area contributed by atoms with Crippen molar-refractivity contribution in [1.29, 1.82) is 0 Å². The van der Waals surface area contributed by atoms with Crippen LogP contribution in [0.4, 0.5) is 4.79 Å². The number of piperidine rings is 1. The van der Waals surface area contributed by atoms with E-state index >= 15 is 0 Å². The fourth-order valence-electron chi connectivity index (χ4n) is 3.42. The van der Waals surface area contributed by atoms with Gasteiger partial charge in [0.2, 0.25) is 10.0 Å². The number of nitrogens with one attached hydrogen (secondary N) is 1. The number of hydrogen-bond donors (Lipinski definition) is 1. The van der Waals surface area contributed by atoms with E-state index in [1.807, 2.05) is 11.8 Å². The molecule has 2 rings (SSSR count). The van der Waals surface area contributed by atoms with Crippen molar-refractivity contribution in [3.8, 4) is 0 Å². The Balaban J connectivity index is 1.65. The van der Waals surface area contributed by atoms with Crippen LogP contribution in [0.3, 0.4) is 0 Å². The molecule has 0 radical (unpaired) electrons. The maximum atomic E-state index is 12.0. The third-order valence-corrected chi connectivity index (χ3v) is 6.47. The molecule has 2 amide bonds. The Morgan fingerprint density at radius 3 is 2.38 bits per heavy atom. The van der Waals surface area contributed by atoms with Gasteiger partial charge in [-0.3, -0.25) is 0 Å². The summed E-state index contributed by atoms with van der Waals surface area (Å²) < 4.78 is 24.3. The molecular formula is C14H27N3O3S. The third kappa shape index (κ3) is 3.51. The first kappa shape index (κ1) is 16.5. The molecule has 1 N–H and O–H groups in total. The Kier molecular flexibility index (Phi) is 4.54. The molecule has 0 aromatic heterocycles. The fourth-order valence-corrected chi connectivity index (χ4v) is 4.35. The maximum absolute atomic E-state index is 12.0. The predicted octanol–water partition coefficient (Wildman–Crippen LogP) is 0.955. The molecule has 122 valence electrons. The summed E-state index contributed by atoms with van der Waals surface area (Å²) in [6, 6.07) is -0.0135. The van der Waals surface area contributed by atoms with Crippen LogP contribution in [-0.2, 0) is 10.0 Å². The molecule has 0 aromatic rings. The van der Waals surface area contributed by atoms with E-state index in [0.29, 0.717) is 43.3 Å². The van der Waals surface area contributed by atoms with Crippen LogP contribution in [0, 0.1) is 17.3 Å². The van der Waals surface area contributed by atoms with Crippen LogP contribution in [-0.4, -0.2) is 62.6 Å². The first-order chi connectivity index (χ1) is 9.67. The highest BCUT2D eigenvalue weighted by atomic mass is 32.2. The Morgan fingerprint density at radius 1 is 1.33 bits per heavy atom. The molecule has 0 bridgehead atoms. The van der Waals surface area contributed by atoms with Crippen molar-refractivity contribution in [2.75, 3.05) is 39.0 Å². The second-order valence-corrected chi connectivity index (χ2v) is 8.76. The van der Waals surface area contributed by atoms with Gasteiger partial charge in [0, 0.05) is 32.7 Å². The van der Waals surface area contributed by atoms with Gasteiger partial charge >= 0.3 is 6.03 Å². The summed E-state index contributed by atoms with van der Waals surface area (Å²) >= 11 is 0. The summed E-state index contributed by atoms with van der Waals surface area (Å²) in [7, 11) is -3.14. The SMILES string of the molecule is CCN(CCCNC(=O)N1C[C@@H]2[C@@H](C1)C2(C)C)S(C)(=O)=O. The highest BCUT2D eigenvalue weighted by Crippen LogP contribution is 2.61. The summed E-state index contributed by atoms with van der Waals surface area (Å²) in [5.74, 6) is 1.31. The average molecular weight is 317 g/mol. The molecule has 0 spiro atoms. The van der Waals surface area contributed by atoms with Crippen molar-refractivity contribution < 1.29 is 13.2 Å². The van der Waals surface area contributed by atoms with E-state index in [2.05, 4.69) is 19.2 Å². The molecule has 1 heterocycles. The largest absolute Gasteiger partial charge is 0.338 e. The van der Waals surface area contributed by atoms with E-state index in [0.717, 1.165) is 13.1 Å². The van der Waals surface area contributed by atoms with Crippen molar-refractivity contribution in [2.45, 2.75) is 27.2 Å². The molecule has 21 heavy (non-hydrogen) atoms. The van der Waals surface area contributed by atoms with Gasteiger partial charge in [0.15, 0.2) is 0 Å². The van der Waals surface area contributed by atoms with Gasteiger partial charge < -0.3 is 10.2 Å². The minimum atomic E-state index is -3.14. The minimum Gasteiger partial charge on any atom is -0.338 e. The number of urea groups is 1. The monoisotopic (exact) mass is 317 g/mol. The molecule has 1 saturated carbocycles. The second-order valence-electron chi connectivity index (χ2n) is 6.78. The van der Waals surface area contributed by atoms with E-state index in [-0.39, 0.29) is 6.03 Å². The molecule has 2 fully saturated rings. The van der Waals surface area contributed by atoms with E-state index in [4.69, 9.17) is 0 Å². The number of carbonyl (C=O) groups excluding carboxylic acids is 1. The lowest BCUT2D eigenvalue weighted by atomic mass is 10.1. The molecule has 1 aliphatic carbocycles. The third-order valence-electron chi connectivity index (χ3n) is 5.09. The van der Waals surface area contributed by atoms with Crippen LogP contribution >= 0.6 is 0 Å². The van der Waals surface area contributed by atoms with Gasteiger partial charge in [-0.25, -0.2) is 17.5 Å². The van der Waals surface area contributed by atoms with Gasteiger partial charge in [0.05, 0.1) is 6.26 Å². The number of nitrogens with zero attached hydrogens (tertiary/aromatic N) is 2. The Hall–Kier alpha value is -0.820. The van der Waals surface area contributed by atoms with Crippen molar-refractivity contribution in [3.05, 3.63) is 0 Å². The van der Waals surface area contributed by atoms with Crippen molar-refractivity contribution in [1.82, 2.24) is 14.5 Å². The Labute approximate surface area is 127 Å². The second kappa shape index (κ2) is 5.76. The minimum absolute atomic E-state index is 0.0135. The van der Waals surface area contributed by atoms with Crippen LogP contribution in [0.1, 0.15) is 27.2 Å². The molecule has 2 aliphatic rings. The number of likely N-dealkylation sites (tertiary alicyclic amines) is 1. The summed E-state index contributed by atoms with van der Waals surface area (Å²) in [6.07, 6.45) is 1.85.